The van der Waals surface area contributed by atoms with E-state index in [0.29, 0.717) is 0 Å². The lowest BCUT2D eigenvalue weighted by Crippen LogP contribution is -2.42. The summed E-state index contributed by atoms with van der Waals surface area (Å²) in [7, 11) is 0. The molecular formula is C12H22N2O. The van der Waals surface area contributed by atoms with Crippen LogP contribution < -0.4 is 10.6 Å². The predicted octanol–water partition coefficient (Wildman–Crippen LogP) is 1.29. The molecule has 0 bridgehead atoms. The Hall–Kier alpha value is -0.570. The maximum absolute atomic E-state index is 11.7. The van der Waals surface area contributed by atoms with E-state index in [4.69, 9.17) is 0 Å². The van der Waals surface area contributed by atoms with Gasteiger partial charge in [0, 0.05) is 6.54 Å². The Morgan fingerprint density at radius 3 is 2.80 bits per heavy atom. The molecule has 15 heavy (non-hydrogen) atoms. The van der Waals surface area contributed by atoms with Crippen LogP contribution in [0.4, 0.5) is 0 Å². The van der Waals surface area contributed by atoms with Crippen molar-refractivity contribution in [3.05, 3.63) is 0 Å². The van der Waals surface area contributed by atoms with Crippen LogP contribution in [0.1, 0.15) is 39.0 Å². The molecule has 2 rings (SSSR count). The summed E-state index contributed by atoms with van der Waals surface area (Å²) in [6.45, 7) is 4.19. The normalized spacial score (nSPS) is 35.7. The minimum atomic E-state index is 0.0849. The second-order valence-corrected chi connectivity index (χ2v) is 5.06. The van der Waals surface area contributed by atoms with Gasteiger partial charge in [-0.05, 0) is 37.6 Å². The van der Waals surface area contributed by atoms with Crippen molar-refractivity contribution in [1.29, 1.82) is 0 Å². The highest BCUT2D eigenvalue weighted by atomic mass is 16.2. The first kappa shape index (κ1) is 10.9. The summed E-state index contributed by atoms with van der Waals surface area (Å²) in [6, 6.07) is 0.0849. The molecule has 3 nitrogen and oxygen atoms in total. The van der Waals surface area contributed by atoms with Gasteiger partial charge in [0.1, 0.15) is 0 Å². The van der Waals surface area contributed by atoms with E-state index in [1.165, 1.54) is 19.3 Å². The number of hydrogen-bond donors (Lipinski definition) is 2. The molecule has 2 aliphatic rings. The standard InChI is InChI=1S/C12H22N2O/c1-9-4-2-5-10(9)8-14-12(15)11-6-3-7-13-11/h9-11,13H,2-8H2,1H3,(H,14,15)/t9?,10?,11-/m1/s1. The van der Waals surface area contributed by atoms with Crippen LogP contribution in [0.5, 0.6) is 0 Å². The number of rotatable bonds is 3. The van der Waals surface area contributed by atoms with Gasteiger partial charge in [-0.15, -0.1) is 0 Å². The van der Waals surface area contributed by atoms with Crippen molar-refractivity contribution < 1.29 is 4.79 Å². The van der Waals surface area contributed by atoms with Crippen LogP contribution in [0.15, 0.2) is 0 Å². The van der Waals surface area contributed by atoms with E-state index >= 15 is 0 Å². The van der Waals surface area contributed by atoms with E-state index in [-0.39, 0.29) is 11.9 Å². The highest BCUT2D eigenvalue weighted by Gasteiger charge is 2.26. The molecule has 1 aliphatic carbocycles. The van der Waals surface area contributed by atoms with Gasteiger partial charge in [-0.2, -0.15) is 0 Å². The fourth-order valence-corrected chi connectivity index (χ4v) is 2.79. The molecule has 2 fully saturated rings. The van der Waals surface area contributed by atoms with E-state index in [1.54, 1.807) is 0 Å². The lowest BCUT2D eigenvalue weighted by Gasteiger charge is -2.17. The van der Waals surface area contributed by atoms with Crippen molar-refractivity contribution >= 4 is 5.91 Å². The Morgan fingerprint density at radius 2 is 2.20 bits per heavy atom. The fraction of sp³-hybridized carbons (Fsp3) is 0.917. The van der Waals surface area contributed by atoms with E-state index in [1.807, 2.05) is 0 Å². The van der Waals surface area contributed by atoms with Crippen LogP contribution in [0.3, 0.4) is 0 Å². The molecule has 0 radical (unpaired) electrons. The SMILES string of the molecule is CC1CCCC1CNC(=O)[C@H]1CCCN1. The van der Waals surface area contributed by atoms with Crippen molar-refractivity contribution in [2.24, 2.45) is 11.8 Å². The van der Waals surface area contributed by atoms with Crippen molar-refractivity contribution in [3.63, 3.8) is 0 Å². The first-order chi connectivity index (χ1) is 7.27. The van der Waals surface area contributed by atoms with Gasteiger partial charge >= 0.3 is 0 Å². The molecule has 1 saturated carbocycles. The summed E-state index contributed by atoms with van der Waals surface area (Å²) in [5.74, 6) is 1.73. The molecule has 3 atom stereocenters. The molecule has 2 N–H and O–H groups in total. The van der Waals surface area contributed by atoms with Gasteiger partial charge in [0.25, 0.3) is 0 Å². The third kappa shape index (κ3) is 2.71. The van der Waals surface area contributed by atoms with Gasteiger partial charge in [0.15, 0.2) is 0 Å². The van der Waals surface area contributed by atoms with Crippen LogP contribution in [0, 0.1) is 11.8 Å². The molecule has 0 spiro atoms. The first-order valence-corrected chi connectivity index (χ1v) is 6.28. The van der Waals surface area contributed by atoms with Crippen LogP contribution in [0.25, 0.3) is 0 Å². The largest absolute Gasteiger partial charge is 0.354 e. The zero-order valence-corrected chi connectivity index (χ0v) is 9.59. The summed E-state index contributed by atoms with van der Waals surface area (Å²) in [4.78, 5) is 11.7. The molecule has 1 aliphatic heterocycles. The van der Waals surface area contributed by atoms with Gasteiger partial charge in [0.2, 0.25) is 5.91 Å². The summed E-state index contributed by atoms with van der Waals surface area (Å²) in [5, 5.41) is 6.33. The molecular weight excluding hydrogens is 188 g/mol. The van der Waals surface area contributed by atoms with Crippen molar-refractivity contribution in [3.8, 4) is 0 Å². The second-order valence-electron chi connectivity index (χ2n) is 5.06. The molecule has 0 aromatic rings. The van der Waals surface area contributed by atoms with Crippen molar-refractivity contribution in [1.82, 2.24) is 10.6 Å². The van der Waals surface area contributed by atoms with E-state index < -0.39 is 0 Å². The Bertz CT molecular complexity index is 224. The fourth-order valence-electron chi connectivity index (χ4n) is 2.79. The lowest BCUT2D eigenvalue weighted by molar-refractivity contribution is -0.123. The second kappa shape index (κ2) is 4.97. The van der Waals surface area contributed by atoms with Gasteiger partial charge < -0.3 is 10.6 Å². The Balaban J connectivity index is 1.70. The van der Waals surface area contributed by atoms with Crippen molar-refractivity contribution in [2.45, 2.75) is 45.1 Å². The molecule has 1 heterocycles. The van der Waals surface area contributed by atoms with E-state index in [9.17, 15) is 4.79 Å². The minimum absolute atomic E-state index is 0.0849. The van der Waals surface area contributed by atoms with Gasteiger partial charge in [0.05, 0.1) is 6.04 Å². The van der Waals surface area contributed by atoms with Gasteiger partial charge in [-0.3, -0.25) is 4.79 Å². The molecule has 3 heteroatoms. The van der Waals surface area contributed by atoms with Crippen molar-refractivity contribution in [2.75, 3.05) is 13.1 Å². The van der Waals surface area contributed by atoms with Crippen LogP contribution in [-0.4, -0.2) is 25.0 Å². The topological polar surface area (TPSA) is 41.1 Å². The highest BCUT2D eigenvalue weighted by molar-refractivity contribution is 5.81. The highest BCUT2D eigenvalue weighted by Crippen LogP contribution is 2.30. The third-order valence-corrected chi connectivity index (χ3v) is 3.95. The van der Waals surface area contributed by atoms with E-state index in [0.717, 1.165) is 37.8 Å². The van der Waals surface area contributed by atoms with E-state index in [2.05, 4.69) is 17.6 Å². The summed E-state index contributed by atoms with van der Waals surface area (Å²) >= 11 is 0. The quantitative estimate of drug-likeness (QED) is 0.737. The number of carbonyl (C=O) groups is 1. The third-order valence-electron chi connectivity index (χ3n) is 3.95. The van der Waals surface area contributed by atoms with Crippen LogP contribution in [-0.2, 0) is 4.79 Å². The van der Waals surface area contributed by atoms with Crippen LogP contribution >= 0.6 is 0 Å². The smallest absolute Gasteiger partial charge is 0.237 e. The number of nitrogens with one attached hydrogen (secondary N) is 2. The summed E-state index contributed by atoms with van der Waals surface area (Å²) < 4.78 is 0. The average Bonchev–Trinajstić information content (AvgIpc) is 2.85. The molecule has 0 aromatic carbocycles. The Kier molecular flexibility index (Phi) is 3.62. The predicted molar refractivity (Wildman–Crippen MR) is 60.5 cm³/mol. The van der Waals surface area contributed by atoms with Gasteiger partial charge in [-0.1, -0.05) is 19.8 Å². The van der Waals surface area contributed by atoms with Crippen LogP contribution in [0.2, 0.25) is 0 Å². The zero-order chi connectivity index (χ0) is 10.7. The number of carbonyl (C=O) groups excluding carboxylic acids is 1. The first-order valence-electron chi connectivity index (χ1n) is 6.28. The molecule has 1 saturated heterocycles. The summed E-state index contributed by atoms with van der Waals surface area (Å²) in [6.07, 6.45) is 6.11. The maximum Gasteiger partial charge on any atom is 0.237 e. The minimum Gasteiger partial charge on any atom is -0.354 e. The van der Waals surface area contributed by atoms with Gasteiger partial charge in [-0.25, -0.2) is 0 Å². The Labute approximate surface area is 92.0 Å². The summed E-state index contributed by atoms with van der Waals surface area (Å²) in [5.41, 5.74) is 0. The molecule has 1 amide bonds. The maximum atomic E-state index is 11.7. The molecule has 0 aromatic heterocycles. The lowest BCUT2D eigenvalue weighted by atomic mass is 9.98. The average molecular weight is 210 g/mol. The number of hydrogen-bond acceptors (Lipinski definition) is 2. The number of amides is 1. The molecule has 2 unspecified atom stereocenters. The monoisotopic (exact) mass is 210 g/mol. The molecule has 86 valence electrons. The Morgan fingerprint density at radius 1 is 1.33 bits per heavy atom. The zero-order valence-electron chi connectivity index (χ0n) is 9.59.